The van der Waals surface area contributed by atoms with E-state index in [1.54, 1.807) is 26.8 Å². The quantitative estimate of drug-likeness (QED) is 0.555. The van der Waals surface area contributed by atoms with Gasteiger partial charge in [0.25, 0.3) is 5.69 Å². The number of rotatable bonds is 5. The number of amides is 1. The van der Waals surface area contributed by atoms with Crippen LogP contribution in [0, 0.1) is 43.7 Å². The second kappa shape index (κ2) is 8.76. The molecule has 1 saturated heterocycles. The Balaban J connectivity index is 1.82. The molecule has 0 aliphatic carbocycles. The molecule has 1 heterocycles. The summed E-state index contributed by atoms with van der Waals surface area (Å²) in [4.78, 5) is 23.7. The first-order chi connectivity index (χ1) is 14.5. The van der Waals surface area contributed by atoms with Crippen molar-refractivity contribution >= 4 is 27.3 Å². The number of benzene rings is 2. The Morgan fingerprint density at radius 2 is 1.74 bits per heavy atom. The fraction of sp³-hybridized carbons (Fsp3) is 0.409. The summed E-state index contributed by atoms with van der Waals surface area (Å²) in [5.41, 5.74) is 3.33. The lowest BCUT2D eigenvalue weighted by molar-refractivity contribution is -0.384. The largest absolute Gasteiger partial charge is 0.325 e. The Labute approximate surface area is 182 Å². The predicted molar refractivity (Wildman–Crippen MR) is 119 cm³/mol. The molecule has 3 rings (SSSR count). The molecule has 1 N–H and O–H groups in total. The molecule has 1 aliphatic rings. The normalized spacial score (nSPS) is 17.4. The molecule has 0 bridgehead atoms. The molecule has 1 atom stereocenters. The maximum Gasteiger partial charge on any atom is 0.271 e. The average Bonchev–Trinajstić information content (AvgIpc) is 2.68. The van der Waals surface area contributed by atoms with E-state index in [4.69, 9.17) is 0 Å². The number of carbonyl (C=O) groups is 1. The van der Waals surface area contributed by atoms with Gasteiger partial charge in [-0.1, -0.05) is 23.8 Å². The molecule has 9 heteroatoms. The SMILES string of the molecule is Cc1cc(C)c(S(=O)(=O)N2CCC[C@H](C(=O)Nc3cc([N+](=O)[O-])ccc3C)C2)c(C)c1. The number of hydrogen-bond acceptors (Lipinski definition) is 5. The van der Waals surface area contributed by atoms with Crippen LogP contribution in [0.4, 0.5) is 11.4 Å². The monoisotopic (exact) mass is 445 g/mol. The number of aryl methyl sites for hydroxylation is 4. The molecule has 0 unspecified atom stereocenters. The van der Waals surface area contributed by atoms with Gasteiger partial charge in [0.1, 0.15) is 0 Å². The molecule has 2 aromatic rings. The maximum atomic E-state index is 13.4. The first-order valence-electron chi connectivity index (χ1n) is 10.1. The Kier molecular flexibility index (Phi) is 6.47. The van der Waals surface area contributed by atoms with Gasteiger partial charge in [0.15, 0.2) is 0 Å². The van der Waals surface area contributed by atoms with Crippen LogP contribution in [0.3, 0.4) is 0 Å². The molecule has 1 fully saturated rings. The highest BCUT2D eigenvalue weighted by Gasteiger charge is 2.35. The van der Waals surface area contributed by atoms with Crippen LogP contribution in [0.15, 0.2) is 35.2 Å². The molecular weight excluding hydrogens is 418 g/mol. The van der Waals surface area contributed by atoms with Crippen LogP contribution in [-0.4, -0.2) is 36.6 Å². The van der Waals surface area contributed by atoms with Crippen molar-refractivity contribution < 1.29 is 18.1 Å². The molecule has 0 spiro atoms. The Morgan fingerprint density at radius 3 is 2.35 bits per heavy atom. The minimum atomic E-state index is -3.74. The Bertz CT molecular complexity index is 1120. The molecule has 0 radical (unpaired) electrons. The molecule has 0 aromatic heterocycles. The molecule has 166 valence electrons. The number of hydrogen-bond donors (Lipinski definition) is 1. The van der Waals surface area contributed by atoms with Gasteiger partial charge in [0, 0.05) is 25.2 Å². The standard InChI is InChI=1S/C22H27N3O5S/c1-14-10-16(3)21(17(4)11-14)31(29,30)24-9-5-6-18(13-24)22(26)23-20-12-19(25(27)28)8-7-15(20)2/h7-8,10-12,18H,5-6,9,13H2,1-4H3,(H,23,26)/t18-/m0/s1. The van der Waals surface area contributed by atoms with Crippen molar-refractivity contribution in [3.8, 4) is 0 Å². The number of nitro benzene ring substituents is 1. The van der Waals surface area contributed by atoms with Crippen LogP contribution in [-0.2, 0) is 14.8 Å². The highest BCUT2D eigenvalue weighted by atomic mass is 32.2. The highest BCUT2D eigenvalue weighted by Crippen LogP contribution is 2.30. The molecule has 1 amide bonds. The first-order valence-corrected chi connectivity index (χ1v) is 11.6. The topological polar surface area (TPSA) is 110 Å². The Morgan fingerprint density at radius 1 is 1.10 bits per heavy atom. The summed E-state index contributed by atoms with van der Waals surface area (Å²) in [5.74, 6) is -0.867. The number of non-ortho nitro benzene ring substituents is 1. The number of nitrogens with zero attached hydrogens (tertiary/aromatic N) is 2. The maximum absolute atomic E-state index is 13.4. The van der Waals surface area contributed by atoms with Gasteiger partial charge >= 0.3 is 0 Å². The zero-order valence-electron chi connectivity index (χ0n) is 18.1. The summed E-state index contributed by atoms with van der Waals surface area (Å²) in [6.07, 6.45) is 1.12. The van der Waals surface area contributed by atoms with Crippen LogP contribution in [0.1, 0.15) is 35.1 Å². The fourth-order valence-electron chi connectivity index (χ4n) is 4.17. The van der Waals surface area contributed by atoms with Crippen LogP contribution < -0.4 is 5.32 Å². The number of nitro groups is 1. The fourth-order valence-corrected chi connectivity index (χ4v) is 6.11. The zero-order chi connectivity index (χ0) is 22.9. The highest BCUT2D eigenvalue weighted by molar-refractivity contribution is 7.89. The van der Waals surface area contributed by atoms with Gasteiger partial charge in [-0.05, 0) is 57.2 Å². The van der Waals surface area contributed by atoms with Crippen molar-refractivity contribution in [1.29, 1.82) is 0 Å². The third-order valence-electron chi connectivity index (χ3n) is 5.65. The predicted octanol–water partition coefficient (Wildman–Crippen LogP) is 3.87. The molecular formula is C22H27N3O5S. The summed E-state index contributed by atoms with van der Waals surface area (Å²) in [7, 11) is -3.74. The van der Waals surface area contributed by atoms with E-state index >= 15 is 0 Å². The summed E-state index contributed by atoms with van der Waals surface area (Å²) in [5, 5.41) is 13.8. The smallest absolute Gasteiger partial charge is 0.271 e. The van der Waals surface area contributed by atoms with Crippen molar-refractivity contribution in [2.45, 2.75) is 45.4 Å². The number of carbonyl (C=O) groups excluding carboxylic acids is 1. The van der Waals surface area contributed by atoms with Gasteiger partial charge in [-0.3, -0.25) is 14.9 Å². The summed E-state index contributed by atoms with van der Waals surface area (Å²) >= 11 is 0. The van der Waals surface area contributed by atoms with Gasteiger partial charge in [0.05, 0.1) is 21.4 Å². The molecule has 2 aromatic carbocycles. The third-order valence-corrected chi connectivity index (χ3v) is 7.82. The van der Waals surface area contributed by atoms with Crippen LogP contribution in [0.2, 0.25) is 0 Å². The minimum absolute atomic E-state index is 0.0783. The second-order valence-electron chi connectivity index (χ2n) is 8.18. The Hall–Kier alpha value is -2.78. The van der Waals surface area contributed by atoms with E-state index in [-0.39, 0.29) is 18.1 Å². The van der Waals surface area contributed by atoms with Gasteiger partial charge in [-0.15, -0.1) is 0 Å². The van der Waals surface area contributed by atoms with Crippen molar-refractivity contribution in [2.75, 3.05) is 18.4 Å². The van der Waals surface area contributed by atoms with Gasteiger partial charge in [-0.25, -0.2) is 8.42 Å². The zero-order valence-corrected chi connectivity index (χ0v) is 19.0. The van der Waals surface area contributed by atoms with E-state index in [0.717, 1.165) is 5.56 Å². The lowest BCUT2D eigenvalue weighted by Gasteiger charge is -2.32. The minimum Gasteiger partial charge on any atom is -0.325 e. The molecule has 31 heavy (non-hydrogen) atoms. The number of anilines is 1. The second-order valence-corrected chi connectivity index (χ2v) is 10.1. The van der Waals surface area contributed by atoms with Crippen LogP contribution >= 0.6 is 0 Å². The van der Waals surface area contributed by atoms with Crippen molar-refractivity contribution in [3.05, 3.63) is 62.7 Å². The lowest BCUT2D eigenvalue weighted by atomic mass is 9.98. The number of sulfonamides is 1. The van der Waals surface area contributed by atoms with E-state index in [1.165, 1.54) is 16.4 Å². The van der Waals surface area contributed by atoms with Crippen LogP contribution in [0.25, 0.3) is 0 Å². The van der Waals surface area contributed by atoms with E-state index in [0.29, 0.717) is 46.7 Å². The van der Waals surface area contributed by atoms with Crippen molar-refractivity contribution in [1.82, 2.24) is 4.31 Å². The summed E-state index contributed by atoms with van der Waals surface area (Å²) in [6.45, 7) is 7.68. The van der Waals surface area contributed by atoms with Crippen LogP contribution in [0.5, 0.6) is 0 Å². The van der Waals surface area contributed by atoms with Crippen molar-refractivity contribution in [2.24, 2.45) is 5.92 Å². The third kappa shape index (κ3) is 4.77. The number of piperidine rings is 1. The van der Waals surface area contributed by atoms with E-state index in [9.17, 15) is 23.3 Å². The van der Waals surface area contributed by atoms with Gasteiger partial charge in [-0.2, -0.15) is 4.31 Å². The van der Waals surface area contributed by atoms with Gasteiger partial charge < -0.3 is 5.32 Å². The van der Waals surface area contributed by atoms with E-state index in [1.807, 2.05) is 19.1 Å². The molecule has 8 nitrogen and oxygen atoms in total. The van der Waals surface area contributed by atoms with Gasteiger partial charge in [0.2, 0.25) is 15.9 Å². The summed E-state index contributed by atoms with van der Waals surface area (Å²) in [6, 6.07) is 7.97. The van der Waals surface area contributed by atoms with Crippen molar-refractivity contribution in [3.63, 3.8) is 0 Å². The molecule has 0 saturated carbocycles. The average molecular weight is 446 g/mol. The number of nitrogens with one attached hydrogen (secondary N) is 1. The van der Waals surface area contributed by atoms with E-state index in [2.05, 4.69) is 5.32 Å². The molecule has 1 aliphatic heterocycles. The summed E-state index contributed by atoms with van der Waals surface area (Å²) < 4.78 is 28.1. The first kappa shape index (κ1) is 22.9. The van der Waals surface area contributed by atoms with E-state index < -0.39 is 20.9 Å². The lowest BCUT2D eigenvalue weighted by Crippen LogP contribution is -2.44.